The van der Waals surface area contributed by atoms with E-state index in [1.54, 1.807) is 4.57 Å². The van der Waals surface area contributed by atoms with Gasteiger partial charge in [-0.2, -0.15) is 0 Å². The Kier molecular flexibility index (Phi) is 2.46. The van der Waals surface area contributed by atoms with Crippen LogP contribution in [0.15, 0.2) is 12.7 Å². The molecule has 0 aromatic carbocycles. The molecule has 1 aromatic rings. The van der Waals surface area contributed by atoms with Gasteiger partial charge in [0.25, 0.3) is 0 Å². The van der Waals surface area contributed by atoms with Crippen molar-refractivity contribution in [1.82, 2.24) is 14.8 Å². The molecule has 5 nitrogen and oxygen atoms in total. The van der Waals surface area contributed by atoms with Crippen LogP contribution in [0.5, 0.6) is 0 Å². The molecule has 0 radical (unpaired) electrons. The molecule has 0 aliphatic heterocycles. The fraction of sp³-hybridized carbons (Fsp3) is 0.700. The van der Waals surface area contributed by atoms with E-state index in [1.807, 2.05) is 0 Å². The topological polar surface area (TPSA) is 68.0 Å². The van der Waals surface area contributed by atoms with Gasteiger partial charge < -0.3 is 9.67 Å². The Hall–Kier alpha value is -1.39. The molecule has 2 rings (SSSR count). The first-order valence-electron chi connectivity index (χ1n) is 5.24. The Morgan fingerprint density at radius 3 is 2.40 bits per heavy atom. The third kappa shape index (κ3) is 1.62. The zero-order valence-electron chi connectivity index (χ0n) is 8.76. The molecule has 0 saturated heterocycles. The smallest absolute Gasteiger partial charge is 0.329 e. The molecule has 1 saturated carbocycles. The van der Waals surface area contributed by atoms with Crippen LogP contribution in [0, 0.1) is 5.92 Å². The van der Waals surface area contributed by atoms with Gasteiger partial charge in [-0.1, -0.05) is 6.92 Å². The van der Waals surface area contributed by atoms with Gasteiger partial charge in [-0.25, -0.2) is 4.79 Å². The molecule has 0 atom stereocenters. The molecule has 0 amide bonds. The van der Waals surface area contributed by atoms with Gasteiger partial charge >= 0.3 is 5.97 Å². The molecule has 1 N–H and O–H groups in total. The number of rotatable bonds is 2. The van der Waals surface area contributed by atoms with Crippen molar-refractivity contribution < 1.29 is 9.90 Å². The van der Waals surface area contributed by atoms with Crippen LogP contribution in [0.3, 0.4) is 0 Å². The summed E-state index contributed by atoms with van der Waals surface area (Å²) in [6.45, 7) is 2.16. The summed E-state index contributed by atoms with van der Waals surface area (Å²) in [7, 11) is 0. The largest absolute Gasteiger partial charge is 0.479 e. The predicted octanol–water partition coefficient (Wildman–Crippen LogP) is 1.27. The summed E-state index contributed by atoms with van der Waals surface area (Å²) in [5.41, 5.74) is -0.810. The van der Waals surface area contributed by atoms with Crippen LogP contribution in [0.25, 0.3) is 0 Å². The Labute approximate surface area is 88.1 Å². The molecule has 1 aromatic heterocycles. The van der Waals surface area contributed by atoms with E-state index in [9.17, 15) is 9.90 Å². The van der Waals surface area contributed by atoms with E-state index in [1.165, 1.54) is 12.7 Å². The van der Waals surface area contributed by atoms with Crippen molar-refractivity contribution in [2.75, 3.05) is 0 Å². The second-order valence-corrected chi connectivity index (χ2v) is 4.39. The van der Waals surface area contributed by atoms with Crippen molar-refractivity contribution in [3.63, 3.8) is 0 Å². The third-order valence-electron chi connectivity index (χ3n) is 3.41. The Bertz CT molecular complexity index is 340. The van der Waals surface area contributed by atoms with Crippen molar-refractivity contribution in [3.8, 4) is 0 Å². The Morgan fingerprint density at radius 1 is 1.40 bits per heavy atom. The highest BCUT2D eigenvalue weighted by Crippen LogP contribution is 2.37. The molecular weight excluding hydrogens is 194 g/mol. The quantitative estimate of drug-likeness (QED) is 0.796. The van der Waals surface area contributed by atoms with Crippen LogP contribution >= 0.6 is 0 Å². The van der Waals surface area contributed by atoms with Crippen LogP contribution in [0.1, 0.15) is 32.6 Å². The summed E-state index contributed by atoms with van der Waals surface area (Å²) in [5.74, 6) is -0.150. The van der Waals surface area contributed by atoms with E-state index in [-0.39, 0.29) is 0 Å². The molecule has 15 heavy (non-hydrogen) atoms. The van der Waals surface area contributed by atoms with Crippen LogP contribution in [0.2, 0.25) is 0 Å². The number of nitrogens with zero attached hydrogens (tertiary/aromatic N) is 3. The van der Waals surface area contributed by atoms with E-state index >= 15 is 0 Å². The second-order valence-electron chi connectivity index (χ2n) is 4.39. The van der Waals surface area contributed by atoms with Crippen LogP contribution in [0.4, 0.5) is 0 Å². The monoisotopic (exact) mass is 209 g/mol. The van der Waals surface area contributed by atoms with Gasteiger partial charge in [0.2, 0.25) is 0 Å². The minimum absolute atomic E-state index is 0.619. The van der Waals surface area contributed by atoms with Crippen molar-refractivity contribution in [3.05, 3.63) is 12.7 Å². The number of hydrogen-bond donors (Lipinski definition) is 1. The maximum absolute atomic E-state index is 11.4. The average Bonchev–Trinajstić information content (AvgIpc) is 2.72. The fourth-order valence-corrected chi connectivity index (χ4v) is 2.24. The summed E-state index contributed by atoms with van der Waals surface area (Å²) in [5, 5.41) is 16.8. The van der Waals surface area contributed by atoms with Gasteiger partial charge in [-0.3, -0.25) is 0 Å². The highest BCUT2D eigenvalue weighted by Gasteiger charge is 2.42. The lowest BCUT2D eigenvalue weighted by atomic mass is 9.77. The average molecular weight is 209 g/mol. The van der Waals surface area contributed by atoms with E-state index in [0.717, 1.165) is 12.8 Å². The highest BCUT2D eigenvalue weighted by atomic mass is 16.4. The molecule has 0 bridgehead atoms. The number of aliphatic carboxylic acids is 1. The van der Waals surface area contributed by atoms with Crippen molar-refractivity contribution in [2.24, 2.45) is 5.92 Å². The minimum atomic E-state index is -0.810. The lowest BCUT2D eigenvalue weighted by Gasteiger charge is -2.36. The number of carboxylic acid groups (broad SMARTS) is 1. The van der Waals surface area contributed by atoms with Crippen LogP contribution in [-0.4, -0.2) is 25.8 Å². The van der Waals surface area contributed by atoms with E-state index in [0.29, 0.717) is 18.8 Å². The van der Waals surface area contributed by atoms with E-state index in [4.69, 9.17) is 0 Å². The SMILES string of the molecule is CC1CCC(C(=O)O)(n2cnnc2)CC1. The van der Waals surface area contributed by atoms with Gasteiger partial charge in [-0.15, -0.1) is 10.2 Å². The summed E-state index contributed by atoms with van der Waals surface area (Å²) in [4.78, 5) is 11.4. The summed E-state index contributed by atoms with van der Waals surface area (Å²) in [6, 6.07) is 0. The maximum Gasteiger partial charge on any atom is 0.329 e. The van der Waals surface area contributed by atoms with Gasteiger partial charge in [0.05, 0.1) is 0 Å². The summed E-state index contributed by atoms with van der Waals surface area (Å²) in [6.07, 6.45) is 6.24. The van der Waals surface area contributed by atoms with E-state index < -0.39 is 11.5 Å². The number of carboxylic acids is 1. The summed E-state index contributed by atoms with van der Waals surface area (Å²) < 4.78 is 1.64. The molecule has 1 aliphatic rings. The van der Waals surface area contributed by atoms with Gasteiger partial charge in [0.15, 0.2) is 0 Å². The zero-order chi connectivity index (χ0) is 10.9. The molecule has 1 fully saturated rings. The lowest BCUT2D eigenvalue weighted by molar-refractivity contribution is -0.150. The number of carbonyl (C=O) groups is 1. The lowest BCUT2D eigenvalue weighted by Crippen LogP contribution is -2.44. The molecular formula is C10H15N3O2. The standard InChI is InChI=1S/C10H15N3O2/c1-8-2-4-10(5-3-8,9(14)15)13-6-11-12-7-13/h6-8H,2-5H2,1H3,(H,14,15). The Balaban J connectivity index is 2.30. The fourth-order valence-electron chi connectivity index (χ4n) is 2.24. The van der Waals surface area contributed by atoms with Gasteiger partial charge in [-0.05, 0) is 31.6 Å². The molecule has 1 heterocycles. The predicted molar refractivity (Wildman–Crippen MR) is 53.3 cm³/mol. The third-order valence-corrected chi connectivity index (χ3v) is 3.41. The maximum atomic E-state index is 11.4. The first kappa shape index (κ1) is 10.1. The number of hydrogen-bond acceptors (Lipinski definition) is 3. The normalized spacial score (nSPS) is 31.4. The van der Waals surface area contributed by atoms with Gasteiger partial charge in [0.1, 0.15) is 18.2 Å². The minimum Gasteiger partial charge on any atom is -0.479 e. The van der Waals surface area contributed by atoms with Crippen molar-refractivity contribution in [2.45, 2.75) is 38.1 Å². The molecule has 5 heteroatoms. The summed E-state index contributed by atoms with van der Waals surface area (Å²) >= 11 is 0. The van der Waals surface area contributed by atoms with Crippen LogP contribution < -0.4 is 0 Å². The molecule has 0 spiro atoms. The van der Waals surface area contributed by atoms with Crippen LogP contribution in [-0.2, 0) is 10.3 Å². The van der Waals surface area contributed by atoms with Crippen molar-refractivity contribution >= 4 is 5.97 Å². The zero-order valence-corrected chi connectivity index (χ0v) is 8.76. The second kappa shape index (κ2) is 3.64. The number of aromatic nitrogens is 3. The first-order chi connectivity index (χ1) is 7.15. The molecule has 82 valence electrons. The first-order valence-corrected chi connectivity index (χ1v) is 5.24. The molecule has 0 unspecified atom stereocenters. The molecule has 1 aliphatic carbocycles. The highest BCUT2D eigenvalue weighted by molar-refractivity contribution is 5.76. The van der Waals surface area contributed by atoms with Gasteiger partial charge in [0, 0.05) is 0 Å². The van der Waals surface area contributed by atoms with E-state index in [2.05, 4.69) is 17.1 Å². The Morgan fingerprint density at radius 2 is 1.93 bits per heavy atom. The van der Waals surface area contributed by atoms with Crippen molar-refractivity contribution in [1.29, 1.82) is 0 Å².